The number of benzene rings is 4. The van der Waals surface area contributed by atoms with Crippen molar-refractivity contribution in [3.8, 4) is 0 Å². The summed E-state index contributed by atoms with van der Waals surface area (Å²) in [6, 6.07) is 23.8. The van der Waals surface area contributed by atoms with Gasteiger partial charge in [0.1, 0.15) is 6.04 Å². The lowest BCUT2D eigenvalue weighted by Gasteiger charge is -2.18. The van der Waals surface area contributed by atoms with Crippen molar-refractivity contribution in [3.05, 3.63) is 90.5 Å². The summed E-state index contributed by atoms with van der Waals surface area (Å²) >= 11 is 0. The van der Waals surface area contributed by atoms with Crippen molar-refractivity contribution >= 4 is 43.2 Å². The molecule has 3 N–H and O–H groups in total. The summed E-state index contributed by atoms with van der Waals surface area (Å²) in [5, 5.41) is 5.92. The summed E-state index contributed by atoms with van der Waals surface area (Å²) in [4.78, 5) is 25.5. The largest absolute Gasteiger partial charge is 0.368 e. The summed E-state index contributed by atoms with van der Waals surface area (Å²) < 4.78 is 25.2. The highest BCUT2D eigenvalue weighted by Gasteiger charge is 2.25. The van der Waals surface area contributed by atoms with Crippen molar-refractivity contribution < 1.29 is 18.0 Å². The van der Waals surface area contributed by atoms with E-state index < -0.39 is 27.7 Å². The van der Waals surface area contributed by atoms with Gasteiger partial charge >= 0.3 is 0 Å². The summed E-state index contributed by atoms with van der Waals surface area (Å²) in [6.45, 7) is 0. The van der Waals surface area contributed by atoms with E-state index in [0.29, 0.717) is 5.56 Å². The summed E-state index contributed by atoms with van der Waals surface area (Å²) in [7, 11) is -3.62. The fraction of sp³-hybridized carbons (Fsp3) is 0.120. The molecular formula is C25H22N2O4S. The minimum Gasteiger partial charge on any atom is -0.368 e. The first kappa shape index (κ1) is 21.5. The van der Waals surface area contributed by atoms with Gasteiger partial charge in [-0.05, 0) is 46.2 Å². The number of nitrogens with two attached hydrogens (primary N) is 1. The van der Waals surface area contributed by atoms with Gasteiger partial charge in [0.25, 0.3) is 5.91 Å². The third-order valence-electron chi connectivity index (χ3n) is 5.42. The van der Waals surface area contributed by atoms with E-state index in [1.807, 2.05) is 54.6 Å². The Labute approximate surface area is 186 Å². The lowest BCUT2D eigenvalue weighted by Crippen LogP contribution is -2.45. The predicted octanol–water partition coefficient (Wildman–Crippen LogP) is 3.44. The summed E-state index contributed by atoms with van der Waals surface area (Å²) in [5.41, 5.74) is 5.93. The third-order valence-corrected chi connectivity index (χ3v) is 7.19. The fourth-order valence-corrected chi connectivity index (χ4v) is 5.15. The number of carbonyl (C=O) groups excluding carboxylic acids is 2. The van der Waals surface area contributed by atoms with E-state index in [2.05, 4.69) is 5.32 Å². The van der Waals surface area contributed by atoms with Crippen molar-refractivity contribution in [2.75, 3.05) is 5.75 Å². The highest BCUT2D eigenvalue weighted by Crippen LogP contribution is 2.28. The second kappa shape index (κ2) is 8.80. The Bertz CT molecular complexity index is 1360. The van der Waals surface area contributed by atoms with Gasteiger partial charge in [0.2, 0.25) is 5.91 Å². The molecular weight excluding hydrogens is 424 g/mol. The number of fused-ring (bicyclic) bond motifs is 2. The minimum atomic E-state index is -3.62. The summed E-state index contributed by atoms with van der Waals surface area (Å²) in [5.74, 6) is -1.58. The van der Waals surface area contributed by atoms with E-state index in [1.54, 1.807) is 18.2 Å². The topological polar surface area (TPSA) is 106 Å². The van der Waals surface area contributed by atoms with Crippen LogP contribution >= 0.6 is 0 Å². The molecule has 162 valence electrons. The lowest BCUT2D eigenvalue weighted by molar-refractivity contribution is -0.119. The van der Waals surface area contributed by atoms with Crippen LogP contribution in [0, 0.1) is 0 Å². The molecule has 0 bridgehead atoms. The number of hydrogen-bond acceptors (Lipinski definition) is 4. The number of hydrogen-bond donors (Lipinski definition) is 2. The molecule has 4 aromatic rings. The van der Waals surface area contributed by atoms with E-state index in [1.165, 1.54) is 12.1 Å². The molecule has 0 aliphatic rings. The maximum absolute atomic E-state index is 13.3. The highest BCUT2D eigenvalue weighted by atomic mass is 32.2. The van der Waals surface area contributed by atoms with Gasteiger partial charge in [0.05, 0.1) is 16.2 Å². The SMILES string of the molecule is NC(=O)[C@H](CCS(=O)(=O)c1ccccc1)NC(=O)c1c2ccccc2cc2ccccc12. The van der Waals surface area contributed by atoms with Gasteiger partial charge in [-0.15, -0.1) is 0 Å². The van der Waals surface area contributed by atoms with E-state index in [-0.39, 0.29) is 17.1 Å². The second-order valence-electron chi connectivity index (χ2n) is 7.54. The predicted molar refractivity (Wildman–Crippen MR) is 125 cm³/mol. The van der Waals surface area contributed by atoms with Crippen LogP contribution in [0.1, 0.15) is 16.8 Å². The standard InChI is InChI=1S/C25H22N2O4S/c26-24(28)22(14-15-32(30,31)19-10-2-1-3-11-19)27-25(29)23-20-12-6-4-8-17(20)16-18-9-5-7-13-21(18)23/h1-13,16,22H,14-15H2,(H2,26,28)(H,27,29)/t22-/m0/s1. The number of rotatable bonds is 7. The molecule has 0 radical (unpaired) electrons. The fourth-order valence-electron chi connectivity index (χ4n) is 3.79. The van der Waals surface area contributed by atoms with Crippen LogP contribution in [-0.4, -0.2) is 32.0 Å². The van der Waals surface area contributed by atoms with Gasteiger partial charge in [-0.2, -0.15) is 0 Å². The molecule has 0 fully saturated rings. The van der Waals surface area contributed by atoms with Crippen LogP contribution < -0.4 is 11.1 Å². The minimum absolute atomic E-state index is 0.124. The average Bonchev–Trinajstić information content (AvgIpc) is 2.80. The van der Waals surface area contributed by atoms with E-state index in [0.717, 1.165) is 21.5 Å². The number of amides is 2. The molecule has 0 aliphatic carbocycles. The highest BCUT2D eigenvalue weighted by molar-refractivity contribution is 7.91. The second-order valence-corrected chi connectivity index (χ2v) is 9.65. The molecule has 0 aromatic heterocycles. The van der Waals surface area contributed by atoms with Gasteiger partial charge in [-0.3, -0.25) is 9.59 Å². The van der Waals surface area contributed by atoms with Crippen molar-refractivity contribution in [3.63, 3.8) is 0 Å². The zero-order valence-corrected chi connectivity index (χ0v) is 18.0. The molecule has 0 saturated carbocycles. The first-order chi connectivity index (χ1) is 15.4. The van der Waals surface area contributed by atoms with Crippen molar-refractivity contribution in [2.45, 2.75) is 17.4 Å². The Kier molecular flexibility index (Phi) is 5.92. The monoisotopic (exact) mass is 446 g/mol. The van der Waals surface area contributed by atoms with Crippen molar-refractivity contribution in [2.24, 2.45) is 5.73 Å². The number of carbonyl (C=O) groups is 2. The first-order valence-corrected chi connectivity index (χ1v) is 11.8. The molecule has 32 heavy (non-hydrogen) atoms. The first-order valence-electron chi connectivity index (χ1n) is 10.2. The van der Waals surface area contributed by atoms with Crippen LogP contribution in [0.5, 0.6) is 0 Å². The lowest BCUT2D eigenvalue weighted by atomic mass is 9.96. The Morgan fingerprint density at radius 3 is 1.91 bits per heavy atom. The van der Waals surface area contributed by atoms with Gasteiger partial charge in [-0.1, -0.05) is 66.7 Å². The van der Waals surface area contributed by atoms with Crippen molar-refractivity contribution in [1.29, 1.82) is 0 Å². The molecule has 6 nitrogen and oxygen atoms in total. The van der Waals surface area contributed by atoms with E-state index in [9.17, 15) is 18.0 Å². The van der Waals surface area contributed by atoms with E-state index >= 15 is 0 Å². The number of nitrogens with one attached hydrogen (secondary N) is 1. The molecule has 4 aromatic carbocycles. The quantitative estimate of drug-likeness (QED) is 0.424. The van der Waals surface area contributed by atoms with Gasteiger partial charge in [0.15, 0.2) is 9.84 Å². The molecule has 0 spiro atoms. The molecule has 0 saturated heterocycles. The molecule has 0 unspecified atom stereocenters. The Hall–Kier alpha value is -3.71. The zero-order chi connectivity index (χ0) is 22.7. The maximum atomic E-state index is 13.3. The summed E-state index contributed by atoms with van der Waals surface area (Å²) in [6.07, 6.45) is -0.124. The van der Waals surface area contributed by atoms with Crippen LogP contribution in [0.25, 0.3) is 21.5 Å². The number of primary amides is 1. The Balaban J connectivity index is 1.64. The Morgan fingerprint density at radius 1 is 0.812 bits per heavy atom. The van der Waals surface area contributed by atoms with Gasteiger partial charge in [-0.25, -0.2) is 8.42 Å². The van der Waals surface area contributed by atoms with E-state index in [4.69, 9.17) is 5.73 Å². The zero-order valence-electron chi connectivity index (χ0n) is 17.2. The van der Waals surface area contributed by atoms with Crippen LogP contribution in [0.2, 0.25) is 0 Å². The van der Waals surface area contributed by atoms with Crippen LogP contribution in [0.3, 0.4) is 0 Å². The van der Waals surface area contributed by atoms with Crippen LogP contribution in [-0.2, 0) is 14.6 Å². The molecule has 4 rings (SSSR count). The molecule has 0 heterocycles. The van der Waals surface area contributed by atoms with Crippen LogP contribution in [0.15, 0.2) is 89.8 Å². The normalized spacial score (nSPS) is 12.5. The molecule has 0 aliphatic heterocycles. The molecule has 1 atom stereocenters. The van der Waals surface area contributed by atoms with Gasteiger partial charge < -0.3 is 11.1 Å². The Morgan fingerprint density at radius 2 is 1.34 bits per heavy atom. The smallest absolute Gasteiger partial charge is 0.253 e. The molecule has 2 amide bonds. The van der Waals surface area contributed by atoms with Crippen LogP contribution in [0.4, 0.5) is 0 Å². The maximum Gasteiger partial charge on any atom is 0.253 e. The molecule has 7 heteroatoms. The average molecular weight is 447 g/mol. The van der Waals surface area contributed by atoms with Gasteiger partial charge in [0, 0.05) is 0 Å². The number of sulfone groups is 1. The third kappa shape index (κ3) is 4.33. The van der Waals surface area contributed by atoms with Crippen molar-refractivity contribution in [1.82, 2.24) is 5.32 Å².